The molecule has 2 heterocycles. The van der Waals surface area contributed by atoms with E-state index in [1.54, 1.807) is 36.4 Å². The SMILES string of the molecule is Cc1nc(NC(=O)c2ccc(-n3cnnn3)cc2)sc1Cc1ccc(F)cc1. The van der Waals surface area contributed by atoms with E-state index in [4.69, 9.17) is 0 Å². The lowest BCUT2D eigenvalue weighted by Crippen LogP contribution is -2.11. The number of benzene rings is 2. The van der Waals surface area contributed by atoms with Crippen LogP contribution in [0.4, 0.5) is 9.52 Å². The van der Waals surface area contributed by atoms with Crippen LogP contribution in [0.25, 0.3) is 5.69 Å². The Morgan fingerprint density at radius 2 is 1.89 bits per heavy atom. The summed E-state index contributed by atoms with van der Waals surface area (Å²) in [5.74, 6) is -0.505. The van der Waals surface area contributed by atoms with Crippen molar-refractivity contribution in [1.29, 1.82) is 0 Å². The molecule has 0 saturated carbocycles. The predicted octanol–water partition coefficient (Wildman–Crippen LogP) is 3.41. The Morgan fingerprint density at radius 3 is 2.57 bits per heavy atom. The molecule has 4 aromatic rings. The fourth-order valence-electron chi connectivity index (χ4n) is 2.65. The fraction of sp³-hybridized carbons (Fsp3) is 0.105. The minimum absolute atomic E-state index is 0.245. The van der Waals surface area contributed by atoms with Gasteiger partial charge in [0, 0.05) is 16.9 Å². The standard InChI is InChI=1S/C19H15FN6OS/c1-12-17(10-13-2-6-15(20)7-3-13)28-19(22-12)23-18(27)14-4-8-16(9-5-14)26-11-21-24-25-26/h2-9,11H,10H2,1H3,(H,22,23,27). The first-order valence-corrected chi connectivity index (χ1v) is 9.25. The molecule has 0 spiro atoms. The van der Waals surface area contributed by atoms with Crippen LogP contribution in [0.2, 0.25) is 0 Å². The van der Waals surface area contributed by atoms with Crippen LogP contribution in [0.3, 0.4) is 0 Å². The molecule has 1 amide bonds. The number of amides is 1. The number of aryl methyl sites for hydroxylation is 1. The molecule has 1 N–H and O–H groups in total. The third-order valence-corrected chi connectivity index (χ3v) is 5.21. The molecule has 0 unspecified atom stereocenters. The molecule has 0 aliphatic rings. The second-order valence-corrected chi connectivity index (χ2v) is 7.17. The quantitative estimate of drug-likeness (QED) is 0.561. The number of thiazole rings is 1. The highest BCUT2D eigenvalue weighted by Crippen LogP contribution is 2.26. The van der Waals surface area contributed by atoms with E-state index in [0.29, 0.717) is 17.1 Å². The van der Waals surface area contributed by atoms with Crippen LogP contribution in [-0.2, 0) is 6.42 Å². The van der Waals surface area contributed by atoms with Gasteiger partial charge in [0.25, 0.3) is 5.91 Å². The molecule has 28 heavy (non-hydrogen) atoms. The molecule has 7 nitrogen and oxygen atoms in total. The first-order chi connectivity index (χ1) is 13.6. The number of nitrogens with one attached hydrogen (secondary N) is 1. The van der Waals surface area contributed by atoms with Gasteiger partial charge in [0.05, 0.1) is 11.4 Å². The molecule has 2 aromatic heterocycles. The van der Waals surface area contributed by atoms with E-state index in [1.165, 1.54) is 34.5 Å². The van der Waals surface area contributed by atoms with E-state index in [9.17, 15) is 9.18 Å². The number of tetrazole rings is 1. The van der Waals surface area contributed by atoms with Crippen molar-refractivity contribution in [3.05, 3.63) is 82.4 Å². The number of carbonyl (C=O) groups excluding carboxylic acids is 1. The van der Waals surface area contributed by atoms with Gasteiger partial charge in [0.2, 0.25) is 0 Å². The summed E-state index contributed by atoms with van der Waals surface area (Å²) in [7, 11) is 0. The van der Waals surface area contributed by atoms with E-state index in [2.05, 4.69) is 25.8 Å². The number of hydrogen-bond acceptors (Lipinski definition) is 6. The Labute approximate surface area is 163 Å². The highest BCUT2D eigenvalue weighted by atomic mass is 32.1. The monoisotopic (exact) mass is 394 g/mol. The minimum atomic E-state index is -0.260. The van der Waals surface area contributed by atoms with Gasteiger partial charge in [-0.15, -0.1) is 16.4 Å². The topological polar surface area (TPSA) is 85.6 Å². The molecule has 0 aliphatic heterocycles. The van der Waals surface area contributed by atoms with Crippen molar-refractivity contribution in [3.8, 4) is 5.69 Å². The van der Waals surface area contributed by atoms with Crippen LogP contribution < -0.4 is 5.32 Å². The predicted molar refractivity (Wildman–Crippen MR) is 103 cm³/mol. The Hall–Kier alpha value is -3.46. The van der Waals surface area contributed by atoms with Gasteiger partial charge in [-0.3, -0.25) is 10.1 Å². The van der Waals surface area contributed by atoms with E-state index < -0.39 is 0 Å². The molecular formula is C19H15FN6OS. The van der Waals surface area contributed by atoms with Crippen LogP contribution in [0, 0.1) is 12.7 Å². The number of halogens is 1. The second kappa shape index (κ2) is 7.65. The molecule has 2 aromatic carbocycles. The van der Waals surface area contributed by atoms with Crippen molar-refractivity contribution in [2.24, 2.45) is 0 Å². The van der Waals surface area contributed by atoms with Crippen molar-refractivity contribution in [1.82, 2.24) is 25.2 Å². The maximum Gasteiger partial charge on any atom is 0.257 e. The Bertz CT molecular complexity index is 1090. The third-order valence-electron chi connectivity index (χ3n) is 4.13. The maximum atomic E-state index is 13.1. The molecule has 4 rings (SSSR count). The number of anilines is 1. The average molecular weight is 394 g/mol. The zero-order chi connectivity index (χ0) is 19.5. The lowest BCUT2D eigenvalue weighted by molar-refractivity contribution is 0.102. The average Bonchev–Trinajstić information content (AvgIpc) is 3.34. The van der Waals surface area contributed by atoms with Crippen LogP contribution in [0.5, 0.6) is 0 Å². The Balaban J connectivity index is 1.45. The van der Waals surface area contributed by atoms with E-state index in [0.717, 1.165) is 21.8 Å². The van der Waals surface area contributed by atoms with Crippen LogP contribution >= 0.6 is 11.3 Å². The van der Waals surface area contributed by atoms with Crippen LogP contribution in [0.15, 0.2) is 54.9 Å². The number of nitrogens with zero attached hydrogens (tertiary/aromatic N) is 5. The molecule has 0 radical (unpaired) electrons. The molecule has 9 heteroatoms. The first-order valence-electron chi connectivity index (χ1n) is 8.44. The first kappa shape index (κ1) is 17.9. The van der Waals surface area contributed by atoms with Gasteiger partial charge in [-0.25, -0.2) is 14.1 Å². The van der Waals surface area contributed by atoms with Crippen molar-refractivity contribution in [2.45, 2.75) is 13.3 Å². The lowest BCUT2D eigenvalue weighted by Gasteiger charge is -2.03. The van der Waals surface area contributed by atoms with E-state index in [-0.39, 0.29) is 11.7 Å². The van der Waals surface area contributed by atoms with Crippen molar-refractivity contribution in [2.75, 3.05) is 5.32 Å². The van der Waals surface area contributed by atoms with Crippen molar-refractivity contribution >= 4 is 22.4 Å². The van der Waals surface area contributed by atoms with Crippen molar-refractivity contribution in [3.63, 3.8) is 0 Å². The summed E-state index contributed by atoms with van der Waals surface area (Å²) in [5, 5.41) is 14.3. The highest BCUT2D eigenvalue weighted by Gasteiger charge is 2.13. The number of hydrogen-bond donors (Lipinski definition) is 1. The molecule has 0 saturated heterocycles. The normalized spacial score (nSPS) is 10.8. The number of carbonyl (C=O) groups is 1. The van der Waals surface area contributed by atoms with Gasteiger partial charge in [0.15, 0.2) is 5.13 Å². The molecule has 140 valence electrons. The summed E-state index contributed by atoms with van der Waals surface area (Å²) >= 11 is 1.42. The fourth-order valence-corrected chi connectivity index (χ4v) is 3.64. The molecular weight excluding hydrogens is 379 g/mol. The zero-order valence-electron chi connectivity index (χ0n) is 14.8. The molecule has 0 atom stereocenters. The summed E-state index contributed by atoms with van der Waals surface area (Å²) in [4.78, 5) is 17.9. The second-order valence-electron chi connectivity index (χ2n) is 6.09. The van der Waals surface area contributed by atoms with E-state index >= 15 is 0 Å². The number of rotatable bonds is 5. The molecule has 0 aliphatic carbocycles. The minimum Gasteiger partial charge on any atom is -0.298 e. The summed E-state index contributed by atoms with van der Waals surface area (Å²) in [5.41, 5.74) is 3.10. The lowest BCUT2D eigenvalue weighted by atomic mass is 10.1. The van der Waals surface area contributed by atoms with Crippen LogP contribution in [0.1, 0.15) is 26.5 Å². The number of aromatic nitrogens is 5. The van der Waals surface area contributed by atoms with Gasteiger partial charge in [-0.05, 0) is 59.3 Å². The summed E-state index contributed by atoms with van der Waals surface area (Å²) in [6.45, 7) is 1.89. The van der Waals surface area contributed by atoms with Gasteiger partial charge in [-0.1, -0.05) is 12.1 Å². The Morgan fingerprint density at radius 1 is 1.14 bits per heavy atom. The van der Waals surface area contributed by atoms with Gasteiger partial charge < -0.3 is 0 Å². The zero-order valence-corrected chi connectivity index (χ0v) is 15.7. The summed E-state index contributed by atoms with van der Waals surface area (Å²) < 4.78 is 14.6. The maximum absolute atomic E-state index is 13.1. The smallest absolute Gasteiger partial charge is 0.257 e. The van der Waals surface area contributed by atoms with Crippen LogP contribution in [-0.4, -0.2) is 31.1 Å². The summed E-state index contributed by atoms with van der Waals surface area (Å²) in [6.07, 6.45) is 2.12. The van der Waals surface area contributed by atoms with E-state index in [1.807, 2.05) is 6.92 Å². The third kappa shape index (κ3) is 3.94. The van der Waals surface area contributed by atoms with Gasteiger partial charge >= 0.3 is 0 Å². The van der Waals surface area contributed by atoms with Gasteiger partial charge in [-0.2, -0.15) is 0 Å². The largest absolute Gasteiger partial charge is 0.298 e. The van der Waals surface area contributed by atoms with Gasteiger partial charge in [0.1, 0.15) is 12.1 Å². The molecule has 0 bridgehead atoms. The van der Waals surface area contributed by atoms with Crippen molar-refractivity contribution < 1.29 is 9.18 Å². The Kier molecular flexibility index (Phi) is 4.90. The molecule has 0 fully saturated rings. The highest BCUT2D eigenvalue weighted by molar-refractivity contribution is 7.15. The summed E-state index contributed by atoms with van der Waals surface area (Å²) in [6, 6.07) is 13.3.